The summed E-state index contributed by atoms with van der Waals surface area (Å²) in [6.45, 7) is 6.07. The fourth-order valence-electron chi connectivity index (χ4n) is 3.18. The summed E-state index contributed by atoms with van der Waals surface area (Å²) in [4.78, 5) is 16.9. The summed E-state index contributed by atoms with van der Waals surface area (Å²) in [6.07, 6.45) is 1.45. The lowest BCUT2D eigenvalue weighted by Gasteiger charge is -2.36. The third kappa shape index (κ3) is 3.33. The number of hydrogen-bond acceptors (Lipinski definition) is 5. The zero-order chi connectivity index (χ0) is 17.1. The monoisotopic (exact) mass is 328 g/mol. The molecule has 6 nitrogen and oxygen atoms in total. The van der Waals surface area contributed by atoms with Gasteiger partial charge in [-0.05, 0) is 24.1 Å². The largest absolute Gasteiger partial charge is 0.423 e. The summed E-state index contributed by atoms with van der Waals surface area (Å²) in [7, 11) is 1.80. The highest BCUT2D eigenvalue weighted by atomic mass is 16.4. The van der Waals surface area contributed by atoms with Gasteiger partial charge >= 0.3 is 0 Å². The zero-order valence-corrected chi connectivity index (χ0v) is 14.5. The van der Waals surface area contributed by atoms with Crippen LogP contribution in [0.2, 0.25) is 0 Å². The first-order chi connectivity index (χ1) is 11.6. The minimum atomic E-state index is -0.136. The summed E-state index contributed by atoms with van der Waals surface area (Å²) in [5, 5.41) is 7.96. The molecule has 0 bridgehead atoms. The van der Waals surface area contributed by atoms with Gasteiger partial charge in [0, 0.05) is 20.0 Å². The first-order valence-corrected chi connectivity index (χ1v) is 8.49. The second-order valence-electron chi connectivity index (χ2n) is 6.19. The van der Waals surface area contributed by atoms with Crippen LogP contribution < -0.4 is 0 Å². The maximum Gasteiger partial charge on any atom is 0.240 e. The van der Waals surface area contributed by atoms with E-state index in [-0.39, 0.29) is 11.9 Å². The van der Waals surface area contributed by atoms with Crippen LogP contribution in [-0.4, -0.2) is 45.5 Å². The fourth-order valence-corrected chi connectivity index (χ4v) is 3.18. The number of rotatable bonds is 5. The maximum absolute atomic E-state index is 13.0. The Labute approximate surface area is 142 Å². The Balaban J connectivity index is 1.73. The molecule has 0 radical (unpaired) electrons. The van der Waals surface area contributed by atoms with E-state index in [1.165, 1.54) is 11.1 Å². The lowest BCUT2D eigenvalue weighted by atomic mass is 9.93. The predicted octanol–water partition coefficient (Wildman–Crippen LogP) is 2.04. The van der Waals surface area contributed by atoms with Gasteiger partial charge in [-0.25, -0.2) is 0 Å². The van der Waals surface area contributed by atoms with Crippen molar-refractivity contribution in [1.29, 1.82) is 0 Å². The smallest absolute Gasteiger partial charge is 0.240 e. The maximum atomic E-state index is 13.0. The first kappa shape index (κ1) is 16.6. The van der Waals surface area contributed by atoms with Crippen LogP contribution in [0.5, 0.6) is 0 Å². The highest BCUT2D eigenvalue weighted by Gasteiger charge is 2.32. The summed E-state index contributed by atoms with van der Waals surface area (Å²) in [5.41, 5.74) is 2.58. The average Bonchev–Trinajstić information content (AvgIpc) is 3.07. The molecule has 2 aromatic rings. The molecule has 1 atom stereocenters. The number of aromatic nitrogens is 2. The van der Waals surface area contributed by atoms with Gasteiger partial charge in [-0.15, -0.1) is 10.2 Å². The van der Waals surface area contributed by atoms with E-state index in [0.717, 1.165) is 19.5 Å². The van der Waals surface area contributed by atoms with Crippen molar-refractivity contribution in [2.24, 2.45) is 0 Å². The topological polar surface area (TPSA) is 62.5 Å². The van der Waals surface area contributed by atoms with Crippen LogP contribution in [0.25, 0.3) is 0 Å². The average molecular weight is 328 g/mol. The summed E-state index contributed by atoms with van der Waals surface area (Å²) < 4.78 is 5.52. The molecule has 3 rings (SSSR count). The molecule has 0 spiro atoms. The van der Waals surface area contributed by atoms with E-state index in [0.29, 0.717) is 24.7 Å². The number of carbonyl (C=O) groups excluding carboxylic acids is 1. The molecule has 1 aromatic heterocycles. The standard InChI is InChI=1S/C18H24N4O2/c1-4-16-19-20-17(24-16)12-21(3)18(23)15-10-13-8-6-7-9-14(13)11-22(15)5-2/h6-9,15H,4-5,10-12H2,1-3H3/t15-/m0/s1. The second kappa shape index (κ2) is 7.13. The van der Waals surface area contributed by atoms with Crippen molar-refractivity contribution in [3.63, 3.8) is 0 Å². The van der Waals surface area contributed by atoms with E-state index >= 15 is 0 Å². The van der Waals surface area contributed by atoms with Crippen molar-refractivity contribution in [1.82, 2.24) is 20.0 Å². The lowest BCUT2D eigenvalue weighted by molar-refractivity contribution is -0.137. The molecule has 0 saturated carbocycles. The highest BCUT2D eigenvalue weighted by molar-refractivity contribution is 5.82. The molecule has 1 aromatic carbocycles. The quantitative estimate of drug-likeness (QED) is 0.840. The van der Waals surface area contributed by atoms with E-state index < -0.39 is 0 Å². The minimum absolute atomic E-state index is 0.0996. The molecule has 0 N–H and O–H groups in total. The second-order valence-corrected chi connectivity index (χ2v) is 6.19. The molecule has 6 heteroatoms. The van der Waals surface area contributed by atoms with Crippen LogP contribution in [0.3, 0.4) is 0 Å². The van der Waals surface area contributed by atoms with Crippen molar-refractivity contribution < 1.29 is 9.21 Å². The van der Waals surface area contributed by atoms with Gasteiger partial charge in [-0.1, -0.05) is 38.1 Å². The number of nitrogens with zero attached hydrogens (tertiary/aromatic N) is 4. The molecule has 1 aliphatic heterocycles. The highest BCUT2D eigenvalue weighted by Crippen LogP contribution is 2.24. The number of aryl methyl sites for hydroxylation is 1. The molecular weight excluding hydrogens is 304 g/mol. The third-order valence-corrected chi connectivity index (χ3v) is 4.60. The van der Waals surface area contributed by atoms with Gasteiger partial charge in [-0.3, -0.25) is 9.69 Å². The molecule has 24 heavy (non-hydrogen) atoms. The molecule has 1 amide bonds. The molecule has 2 heterocycles. The van der Waals surface area contributed by atoms with E-state index in [2.05, 4.69) is 40.2 Å². The van der Waals surface area contributed by atoms with Crippen molar-refractivity contribution in [2.75, 3.05) is 13.6 Å². The molecule has 0 saturated heterocycles. The Hall–Kier alpha value is -2.21. The van der Waals surface area contributed by atoms with Crippen molar-refractivity contribution >= 4 is 5.91 Å². The number of hydrogen-bond donors (Lipinski definition) is 0. The molecule has 0 aliphatic carbocycles. The van der Waals surface area contributed by atoms with E-state index in [1.54, 1.807) is 11.9 Å². The summed E-state index contributed by atoms with van der Waals surface area (Å²) in [5.74, 6) is 1.19. The van der Waals surface area contributed by atoms with Gasteiger partial charge in [0.25, 0.3) is 0 Å². The molecule has 0 fully saturated rings. The van der Waals surface area contributed by atoms with Gasteiger partial charge in [0.15, 0.2) is 0 Å². The summed E-state index contributed by atoms with van der Waals surface area (Å²) >= 11 is 0. The Morgan fingerprint density at radius 3 is 2.62 bits per heavy atom. The van der Waals surface area contributed by atoms with E-state index in [1.807, 2.05) is 13.0 Å². The SMILES string of the molecule is CCc1nnc(CN(C)C(=O)[C@@H]2Cc3ccccc3CN2CC)o1. The molecular formula is C18H24N4O2. The van der Waals surface area contributed by atoms with Gasteiger partial charge in [0.1, 0.15) is 0 Å². The normalized spacial score (nSPS) is 17.5. The first-order valence-electron chi connectivity index (χ1n) is 8.49. The third-order valence-electron chi connectivity index (χ3n) is 4.60. The van der Waals surface area contributed by atoms with E-state index in [4.69, 9.17) is 4.42 Å². The number of benzene rings is 1. The van der Waals surface area contributed by atoms with Crippen molar-refractivity contribution in [2.45, 2.75) is 45.8 Å². The lowest BCUT2D eigenvalue weighted by Crippen LogP contribution is -2.50. The fraction of sp³-hybridized carbons (Fsp3) is 0.500. The van der Waals surface area contributed by atoms with Crippen LogP contribution in [0.15, 0.2) is 28.7 Å². The van der Waals surface area contributed by atoms with Crippen LogP contribution in [0.1, 0.15) is 36.8 Å². The molecule has 0 unspecified atom stereocenters. The number of carbonyl (C=O) groups is 1. The number of likely N-dealkylation sites (N-methyl/N-ethyl adjacent to an activating group) is 2. The van der Waals surface area contributed by atoms with Crippen molar-refractivity contribution in [3.05, 3.63) is 47.2 Å². The van der Waals surface area contributed by atoms with Gasteiger partial charge in [-0.2, -0.15) is 0 Å². The van der Waals surface area contributed by atoms with Crippen LogP contribution in [0.4, 0.5) is 0 Å². The van der Waals surface area contributed by atoms with Gasteiger partial charge in [0.05, 0.1) is 12.6 Å². The Kier molecular flexibility index (Phi) is 4.94. The Morgan fingerprint density at radius 1 is 1.25 bits per heavy atom. The Bertz CT molecular complexity index is 713. The molecule has 128 valence electrons. The van der Waals surface area contributed by atoms with Crippen molar-refractivity contribution in [3.8, 4) is 0 Å². The predicted molar refractivity (Wildman–Crippen MR) is 90.2 cm³/mol. The van der Waals surface area contributed by atoms with Crippen LogP contribution in [0, 0.1) is 0 Å². The Morgan fingerprint density at radius 2 is 1.96 bits per heavy atom. The van der Waals surface area contributed by atoms with Gasteiger partial charge < -0.3 is 9.32 Å². The number of amides is 1. The van der Waals surface area contributed by atoms with Crippen LogP contribution in [-0.2, 0) is 30.7 Å². The van der Waals surface area contributed by atoms with Gasteiger partial charge in [0.2, 0.25) is 17.7 Å². The van der Waals surface area contributed by atoms with E-state index in [9.17, 15) is 4.79 Å². The van der Waals surface area contributed by atoms with Crippen LogP contribution >= 0.6 is 0 Å². The minimum Gasteiger partial charge on any atom is -0.423 e. The summed E-state index contributed by atoms with van der Waals surface area (Å²) in [6, 6.07) is 8.22. The molecule has 1 aliphatic rings. The zero-order valence-electron chi connectivity index (χ0n) is 14.5. The number of fused-ring (bicyclic) bond motifs is 1.